The highest BCUT2D eigenvalue weighted by atomic mass is 32.1. The number of hydrogen-bond donors (Lipinski definition) is 2. The molecule has 1 aliphatic heterocycles. The van der Waals surface area contributed by atoms with Gasteiger partial charge in [0.2, 0.25) is 0 Å². The molecule has 1 aromatic carbocycles. The zero-order valence-corrected chi connectivity index (χ0v) is 20.5. The maximum atomic E-state index is 13.0. The molecule has 0 aliphatic carbocycles. The highest BCUT2D eigenvalue weighted by Gasteiger charge is 2.45. The first kappa shape index (κ1) is 25.6. The molecule has 10 nitrogen and oxygen atoms in total. The summed E-state index contributed by atoms with van der Waals surface area (Å²) in [5.74, 6) is -2.41. The van der Waals surface area contributed by atoms with Crippen molar-refractivity contribution in [3.8, 4) is 10.6 Å². The maximum absolute atomic E-state index is 13.0. The van der Waals surface area contributed by atoms with Crippen LogP contribution in [0.5, 0.6) is 0 Å². The zero-order chi connectivity index (χ0) is 27.1. The number of thiazole rings is 1. The number of aliphatic hydroxyl groups is 1. The second-order valence-corrected chi connectivity index (χ2v) is 9.85. The van der Waals surface area contributed by atoms with Gasteiger partial charge in [-0.2, -0.15) is 18.3 Å². The van der Waals surface area contributed by atoms with Crippen molar-refractivity contribution < 1.29 is 27.9 Å². The van der Waals surface area contributed by atoms with E-state index in [1.165, 1.54) is 34.4 Å². The van der Waals surface area contributed by atoms with Crippen LogP contribution in [0, 0.1) is 0 Å². The number of amides is 2. The fourth-order valence-corrected chi connectivity index (χ4v) is 5.08. The monoisotopic (exact) mass is 546 g/mol. The molecule has 3 aromatic heterocycles. The Bertz CT molecular complexity index is 1550. The number of benzene rings is 1. The maximum Gasteiger partial charge on any atom is 0.471 e. The summed E-state index contributed by atoms with van der Waals surface area (Å²) < 4.78 is 40.5. The SMILES string of the molecule is O=C(Nc1cc2c(=O)n(CC3(O)CCN(C(=O)C(F)(F)F)CC3)cnn2c1)c1csc(-c2ccccc2)n1. The molecule has 4 aromatic rings. The molecule has 0 spiro atoms. The van der Waals surface area contributed by atoms with Gasteiger partial charge >= 0.3 is 12.1 Å². The summed E-state index contributed by atoms with van der Waals surface area (Å²) in [5.41, 5.74) is -0.467. The van der Waals surface area contributed by atoms with Crippen LogP contribution in [0.2, 0.25) is 0 Å². The van der Waals surface area contributed by atoms with Gasteiger partial charge in [-0.3, -0.25) is 19.0 Å². The van der Waals surface area contributed by atoms with E-state index in [9.17, 15) is 32.7 Å². The van der Waals surface area contributed by atoms with E-state index in [0.29, 0.717) is 15.6 Å². The summed E-state index contributed by atoms with van der Waals surface area (Å²) in [6.07, 6.45) is -2.58. The lowest BCUT2D eigenvalue weighted by Gasteiger charge is -2.38. The summed E-state index contributed by atoms with van der Waals surface area (Å²) in [6, 6.07) is 10.8. The Labute approximate surface area is 217 Å². The fraction of sp³-hybridized carbons (Fsp3) is 0.292. The van der Waals surface area contributed by atoms with Gasteiger partial charge < -0.3 is 15.3 Å². The summed E-state index contributed by atoms with van der Waals surface area (Å²) in [5, 5.41) is 20.0. The van der Waals surface area contributed by atoms with Crippen molar-refractivity contribution in [2.45, 2.75) is 31.2 Å². The third-order valence-corrected chi connectivity index (χ3v) is 7.19. The predicted molar refractivity (Wildman–Crippen MR) is 132 cm³/mol. The summed E-state index contributed by atoms with van der Waals surface area (Å²) >= 11 is 1.33. The number of aromatic nitrogens is 4. The van der Waals surface area contributed by atoms with E-state index in [1.807, 2.05) is 30.3 Å². The molecule has 1 aliphatic rings. The molecule has 0 radical (unpaired) electrons. The van der Waals surface area contributed by atoms with Gasteiger partial charge in [0.05, 0.1) is 24.0 Å². The molecule has 1 fully saturated rings. The van der Waals surface area contributed by atoms with Gasteiger partial charge in [0, 0.05) is 24.0 Å². The number of likely N-dealkylation sites (tertiary alicyclic amines) is 1. The van der Waals surface area contributed by atoms with Gasteiger partial charge in [0.15, 0.2) is 0 Å². The quantitative estimate of drug-likeness (QED) is 0.397. The van der Waals surface area contributed by atoms with Crippen molar-refractivity contribution in [3.63, 3.8) is 0 Å². The van der Waals surface area contributed by atoms with E-state index in [-0.39, 0.29) is 43.7 Å². The molecule has 0 saturated carbocycles. The highest BCUT2D eigenvalue weighted by Crippen LogP contribution is 2.28. The van der Waals surface area contributed by atoms with Gasteiger partial charge in [0.25, 0.3) is 11.5 Å². The van der Waals surface area contributed by atoms with E-state index >= 15 is 0 Å². The molecule has 14 heteroatoms. The Morgan fingerprint density at radius 2 is 1.87 bits per heavy atom. The number of alkyl halides is 3. The van der Waals surface area contributed by atoms with Gasteiger partial charge in [-0.05, 0) is 18.9 Å². The zero-order valence-electron chi connectivity index (χ0n) is 19.7. The average Bonchev–Trinajstić information content (AvgIpc) is 3.54. The second-order valence-electron chi connectivity index (χ2n) is 8.99. The van der Waals surface area contributed by atoms with Crippen LogP contribution in [0.1, 0.15) is 23.3 Å². The molecular weight excluding hydrogens is 525 g/mol. The van der Waals surface area contributed by atoms with Crippen molar-refractivity contribution in [2.75, 3.05) is 18.4 Å². The Hall–Kier alpha value is -4.04. The lowest BCUT2D eigenvalue weighted by Crippen LogP contribution is -2.52. The number of hydrogen-bond acceptors (Lipinski definition) is 7. The number of fused-ring (bicyclic) bond motifs is 1. The molecule has 198 valence electrons. The number of anilines is 1. The smallest absolute Gasteiger partial charge is 0.388 e. The normalized spacial score (nSPS) is 15.5. The molecule has 4 heterocycles. The van der Waals surface area contributed by atoms with Crippen LogP contribution in [0.15, 0.2) is 59.1 Å². The van der Waals surface area contributed by atoms with E-state index in [0.717, 1.165) is 10.1 Å². The second kappa shape index (κ2) is 9.68. The van der Waals surface area contributed by atoms with Crippen molar-refractivity contribution in [2.24, 2.45) is 0 Å². The molecule has 0 unspecified atom stereocenters. The minimum absolute atomic E-state index is 0.124. The van der Waals surface area contributed by atoms with Gasteiger partial charge in [0.1, 0.15) is 22.5 Å². The first-order valence-corrected chi connectivity index (χ1v) is 12.4. The minimum Gasteiger partial charge on any atom is -0.388 e. The number of rotatable bonds is 5. The Balaban J connectivity index is 1.28. The molecular formula is C24H21F3N6O4S. The predicted octanol–water partition coefficient (Wildman–Crippen LogP) is 2.79. The average molecular weight is 547 g/mol. The van der Waals surface area contributed by atoms with Crippen LogP contribution < -0.4 is 10.9 Å². The molecule has 1 saturated heterocycles. The van der Waals surface area contributed by atoms with Gasteiger partial charge in [-0.25, -0.2) is 9.50 Å². The van der Waals surface area contributed by atoms with Gasteiger partial charge in [-0.15, -0.1) is 11.3 Å². The molecule has 0 atom stereocenters. The fourth-order valence-electron chi connectivity index (χ4n) is 4.27. The van der Waals surface area contributed by atoms with Gasteiger partial charge in [-0.1, -0.05) is 30.3 Å². The summed E-state index contributed by atoms with van der Waals surface area (Å²) in [6.45, 7) is -0.788. The third kappa shape index (κ3) is 5.17. The molecule has 0 bridgehead atoms. The first-order valence-electron chi connectivity index (χ1n) is 11.5. The van der Waals surface area contributed by atoms with Crippen LogP contribution >= 0.6 is 11.3 Å². The number of carbonyl (C=O) groups is 2. The molecule has 2 amide bonds. The summed E-state index contributed by atoms with van der Waals surface area (Å²) in [7, 11) is 0. The lowest BCUT2D eigenvalue weighted by atomic mass is 9.91. The molecule has 2 N–H and O–H groups in total. The first-order chi connectivity index (χ1) is 18.0. The number of carbonyl (C=O) groups excluding carboxylic acids is 2. The lowest BCUT2D eigenvalue weighted by molar-refractivity contribution is -0.188. The number of nitrogens with one attached hydrogen (secondary N) is 1. The van der Waals surface area contributed by atoms with Crippen molar-refractivity contribution in [1.82, 2.24) is 24.1 Å². The minimum atomic E-state index is -4.98. The van der Waals surface area contributed by atoms with Crippen molar-refractivity contribution in [1.29, 1.82) is 0 Å². The third-order valence-electron chi connectivity index (χ3n) is 6.30. The van der Waals surface area contributed by atoms with Crippen LogP contribution in [0.3, 0.4) is 0 Å². The molecule has 38 heavy (non-hydrogen) atoms. The number of halogens is 3. The van der Waals surface area contributed by atoms with E-state index < -0.39 is 29.2 Å². The summed E-state index contributed by atoms with van der Waals surface area (Å²) in [4.78, 5) is 42.2. The van der Waals surface area contributed by atoms with E-state index in [2.05, 4.69) is 15.4 Å². The van der Waals surface area contributed by atoms with Crippen molar-refractivity contribution in [3.05, 3.63) is 70.4 Å². The number of piperidine rings is 1. The van der Waals surface area contributed by atoms with Crippen LogP contribution in [0.25, 0.3) is 16.1 Å². The Morgan fingerprint density at radius 3 is 2.55 bits per heavy atom. The molecule has 5 rings (SSSR count). The van der Waals surface area contributed by atoms with Crippen molar-refractivity contribution >= 4 is 34.4 Å². The van der Waals surface area contributed by atoms with Crippen LogP contribution in [-0.4, -0.2) is 65.9 Å². The van der Waals surface area contributed by atoms with E-state index in [1.54, 1.807) is 5.38 Å². The van der Waals surface area contributed by atoms with Crippen LogP contribution in [-0.2, 0) is 11.3 Å². The van der Waals surface area contributed by atoms with Crippen LogP contribution in [0.4, 0.5) is 18.9 Å². The van der Waals surface area contributed by atoms with E-state index in [4.69, 9.17) is 0 Å². The standard InChI is InChI=1S/C24H21F3N6O4S/c25-24(26,27)22(36)31-8-6-23(37,7-9-31)13-32-14-28-33-11-16(10-18(33)21(32)35)29-19(34)17-12-38-20(30-17)15-4-2-1-3-5-15/h1-5,10-12,14,37H,6-9,13H2,(H,29,34). The largest absolute Gasteiger partial charge is 0.471 e. The highest BCUT2D eigenvalue weighted by molar-refractivity contribution is 7.13. The Morgan fingerprint density at radius 1 is 1.16 bits per heavy atom. The topological polar surface area (TPSA) is 122 Å². The number of nitrogens with zero attached hydrogens (tertiary/aromatic N) is 5. The Kier molecular flexibility index (Phi) is 6.53.